The van der Waals surface area contributed by atoms with Gasteiger partial charge in [-0.25, -0.2) is 0 Å². The van der Waals surface area contributed by atoms with Crippen LogP contribution in [0.4, 0.5) is 5.69 Å². The molecule has 22 heavy (non-hydrogen) atoms. The highest BCUT2D eigenvalue weighted by Gasteiger charge is 2.34. The fraction of sp³-hybridized carbons (Fsp3) is 0.526. The summed E-state index contributed by atoms with van der Waals surface area (Å²) in [6.07, 6.45) is 7.23. The predicted octanol–water partition coefficient (Wildman–Crippen LogP) is 4.48. The number of hydrogen-bond donors (Lipinski definition) is 1. The molecule has 1 atom stereocenters. The van der Waals surface area contributed by atoms with E-state index in [1.165, 1.54) is 24.6 Å². The van der Waals surface area contributed by atoms with E-state index in [1.807, 2.05) is 26.1 Å². The van der Waals surface area contributed by atoms with Crippen LogP contribution >= 0.6 is 0 Å². The Labute approximate surface area is 133 Å². The van der Waals surface area contributed by atoms with Gasteiger partial charge in [0.2, 0.25) is 5.78 Å². The molecule has 1 saturated carbocycles. The lowest BCUT2D eigenvalue weighted by molar-refractivity contribution is -0.121. The molecular formula is C19H27NO2. The van der Waals surface area contributed by atoms with Crippen molar-refractivity contribution in [1.82, 2.24) is 0 Å². The summed E-state index contributed by atoms with van der Waals surface area (Å²) in [5, 5.41) is 10.0. The third-order valence-electron chi connectivity index (χ3n) is 4.47. The number of benzene rings is 1. The van der Waals surface area contributed by atoms with Crippen molar-refractivity contribution >= 4 is 11.5 Å². The van der Waals surface area contributed by atoms with Crippen molar-refractivity contribution in [2.45, 2.75) is 46.0 Å². The summed E-state index contributed by atoms with van der Waals surface area (Å²) in [6, 6.07) is 8.29. The number of ketones is 1. The zero-order chi connectivity index (χ0) is 16.1. The molecule has 1 aromatic rings. The molecule has 0 saturated heterocycles. The maximum Gasteiger partial charge on any atom is 0.201 e. The fourth-order valence-corrected chi connectivity index (χ4v) is 2.64. The van der Waals surface area contributed by atoms with Crippen molar-refractivity contribution in [2.24, 2.45) is 11.8 Å². The van der Waals surface area contributed by atoms with Crippen molar-refractivity contribution in [1.29, 1.82) is 0 Å². The highest BCUT2D eigenvalue weighted by Crippen LogP contribution is 2.37. The molecule has 0 spiro atoms. The molecule has 0 bridgehead atoms. The van der Waals surface area contributed by atoms with Crippen LogP contribution in [0, 0.1) is 11.8 Å². The maximum atomic E-state index is 12.1. The monoisotopic (exact) mass is 301 g/mol. The minimum absolute atomic E-state index is 0.0685. The number of aryl methyl sites for hydroxylation is 1. The van der Waals surface area contributed by atoms with Gasteiger partial charge in [-0.15, -0.1) is 0 Å². The zero-order valence-electron chi connectivity index (χ0n) is 13.9. The van der Waals surface area contributed by atoms with Gasteiger partial charge in [-0.05, 0) is 49.3 Å². The number of allylic oxidation sites excluding steroid dienone is 1. The number of aliphatic hydroxyl groups excluding tert-OH is 1. The Bertz CT molecular complexity index is 529. The van der Waals surface area contributed by atoms with Crippen LogP contribution in [0.15, 0.2) is 36.2 Å². The first-order valence-corrected chi connectivity index (χ1v) is 8.29. The fourth-order valence-electron chi connectivity index (χ4n) is 2.64. The summed E-state index contributed by atoms with van der Waals surface area (Å²) >= 11 is 0. The van der Waals surface area contributed by atoms with Gasteiger partial charge in [0.25, 0.3) is 0 Å². The van der Waals surface area contributed by atoms with Gasteiger partial charge in [0.15, 0.2) is 5.76 Å². The van der Waals surface area contributed by atoms with Crippen molar-refractivity contribution in [3.05, 3.63) is 41.8 Å². The van der Waals surface area contributed by atoms with Crippen LogP contribution in [-0.2, 0) is 11.2 Å². The van der Waals surface area contributed by atoms with Crippen LogP contribution in [0.1, 0.15) is 45.1 Å². The van der Waals surface area contributed by atoms with Crippen molar-refractivity contribution in [3.63, 3.8) is 0 Å². The second-order valence-corrected chi connectivity index (χ2v) is 6.39. The predicted molar refractivity (Wildman–Crippen MR) is 91.1 cm³/mol. The number of carbonyl (C=O) groups excluding carboxylic acids is 1. The highest BCUT2D eigenvalue weighted by molar-refractivity contribution is 5.95. The largest absolute Gasteiger partial charge is 0.503 e. The van der Waals surface area contributed by atoms with E-state index >= 15 is 0 Å². The minimum atomic E-state index is -0.145. The SMILES string of the molecule is CCCCc1ccc(N(C)/C=C(/O)C(=O)C(C)C2CC2)cc1. The second-order valence-electron chi connectivity index (χ2n) is 6.39. The summed E-state index contributed by atoms with van der Waals surface area (Å²) < 4.78 is 0. The van der Waals surface area contributed by atoms with Gasteiger partial charge in [0.05, 0.1) is 0 Å². The Morgan fingerprint density at radius 2 is 2.00 bits per heavy atom. The molecule has 0 amide bonds. The van der Waals surface area contributed by atoms with Crippen LogP contribution in [0.5, 0.6) is 0 Å². The van der Waals surface area contributed by atoms with E-state index in [1.54, 1.807) is 4.90 Å². The molecular weight excluding hydrogens is 274 g/mol. The Morgan fingerprint density at radius 3 is 2.55 bits per heavy atom. The van der Waals surface area contributed by atoms with Crippen LogP contribution in [0.25, 0.3) is 0 Å². The van der Waals surface area contributed by atoms with Crippen molar-refractivity contribution in [2.75, 3.05) is 11.9 Å². The summed E-state index contributed by atoms with van der Waals surface area (Å²) in [7, 11) is 1.85. The molecule has 0 aliphatic heterocycles. The molecule has 1 unspecified atom stereocenters. The lowest BCUT2D eigenvalue weighted by atomic mass is 10.00. The molecule has 1 fully saturated rings. The molecule has 1 aliphatic rings. The van der Waals surface area contributed by atoms with E-state index < -0.39 is 0 Å². The number of hydrogen-bond acceptors (Lipinski definition) is 3. The summed E-state index contributed by atoms with van der Waals surface area (Å²) in [5.41, 5.74) is 2.30. The minimum Gasteiger partial charge on any atom is -0.503 e. The lowest BCUT2D eigenvalue weighted by Gasteiger charge is -2.16. The standard InChI is InChI=1S/C19H27NO2/c1-4-5-6-15-7-11-17(12-8-15)20(3)13-18(21)19(22)14(2)16-9-10-16/h7-8,11-14,16,21H,4-6,9-10H2,1-3H3/b18-13+. The normalized spacial score (nSPS) is 16.4. The summed E-state index contributed by atoms with van der Waals surface area (Å²) in [4.78, 5) is 13.9. The molecule has 1 N–H and O–H groups in total. The van der Waals surface area contributed by atoms with Crippen LogP contribution in [-0.4, -0.2) is 17.9 Å². The Morgan fingerprint density at radius 1 is 1.36 bits per heavy atom. The highest BCUT2D eigenvalue weighted by atomic mass is 16.3. The van der Waals surface area contributed by atoms with Gasteiger partial charge in [-0.1, -0.05) is 32.4 Å². The summed E-state index contributed by atoms with van der Waals surface area (Å²) in [6.45, 7) is 4.10. The molecule has 2 rings (SSSR count). The van der Waals surface area contributed by atoms with Gasteiger partial charge >= 0.3 is 0 Å². The van der Waals surface area contributed by atoms with Crippen LogP contribution in [0.2, 0.25) is 0 Å². The smallest absolute Gasteiger partial charge is 0.201 e. The van der Waals surface area contributed by atoms with Crippen molar-refractivity contribution in [3.8, 4) is 0 Å². The Hall–Kier alpha value is -1.77. The number of carbonyl (C=O) groups is 1. The van der Waals surface area contributed by atoms with E-state index in [4.69, 9.17) is 0 Å². The second kappa shape index (κ2) is 7.48. The molecule has 120 valence electrons. The third-order valence-corrected chi connectivity index (χ3v) is 4.47. The first-order chi connectivity index (χ1) is 10.5. The third kappa shape index (κ3) is 4.36. The first-order valence-electron chi connectivity index (χ1n) is 8.29. The van der Waals surface area contributed by atoms with E-state index in [-0.39, 0.29) is 17.5 Å². The number of unbranched alkanes of at least 4 members (excludes halogenated alkanes) is 1. The zero-order valence-corrected chi connectivity index (χ0v) is 13.9. The van der Waals surface area contributed by atoms with E-state index in [0.717, 1.165) is 24.9 Å². The Balaban J connectivity index is 1.99. The number of aliphatic hydroxyl groups is 1. The first kappa shape index (κ1) is 16.6. The van der Waals surface area contributed by atoms with Gasteiger partial charge in [-0.3, -0.25) is 4.79 Å². The van der Waals surface area contributed by atoms with Gasteiger partial charge in [0.1, 0.15) is 0 Å². The number of Topliss-reactive ketones (excluding diaryl/α,β-unsaturated/α-hetero) is 1. The average Bonchev–Trinajstić information content (AvgIpc) is 3.36. The van der Waals surface area contributed by atoms with Crippen LogP contribution < -0.4 is 4.90 Å². The van der Waals surface area contributed by atoms with Crippen molar-refractivity contribution < 1.29 is 9.90 Å². The number of rotatable bonds is 8. The lowest BCUT2D eigenvalue weighted by Crippen LogP contribution is -2.18. The Kier molecular flexibility index (Phi) is 5.64. The van der Waals surface area contributed by atoms with E-state index in [9.17, 15) is 9.90 Å². The molecule has 0 aromatic heterocycles. The molecule has 0 heterocycles. The molecule has 3 heteroatoms. The van der Waals surface area contributed by atoms with E-state index in [2.05, 4.69) is 19.1 Å². The topological polar surface area (TPSA) is 40.5 Å². The summed E-state index contributed by atoms with van der Waals surface area (Å²) in [5.74, 6) is 0.109. The van der Waals surface area contributed by atoms with Crippen LogP contribution in [0.3, 0.4) is 0 Å². The van der Waals surface area contributed by atoms with Gasteiger partial charge in [0, 0.05) is 24.9 Å². The number of nitrogens with zero attached hydrogens (tertiary/aromatic N) is 1. The molecule has 0 radical (unpaired) electrons. The van der Waals surface area contributed by atoms with E-state index in [0.29, 0.717) is 5.92 Å². The molecule has 1 aromatic carbocycles. The van der Waals surface area contributed by atoms with Gasteiger partial charge in [-0.2, -0.15) is 0 Å². The quantitative estimate of drug-likeness (QED) is 0.568. The number of anilines is 1. The molecule has 3 nitrogen and oxygen atoms in total. The average molecular weight is 301 g/mol. The maximum absolute atomic E-state index is 12.1. The molecule has 1 aliphatic carbocycles. The van der Waals surface area contributed by atoms with Gasteiger partial charge < -0.3 is 10.0 Å².